The van der Waals surface area contributed by atoms with Gasteiger partial charge in [0.05, 0.1) is 23.7 Å². The number of primary amides is 1. The quantitative estimate of drug-likeness (QED) is 0.214. The van der Waals surface area contributed by atoms with Gasteiger partial charge in [0.15, 0.2) is 17.2 Å². The molecule has 2 fully saturated rings. The number of phenols is 1. The molecule has 0 spiro atoms. The minimum Gasteiger partial charge on any atom is -0.507 e. The molecular formula is C32H43NO8. The van der Waals surface area contributed by atoms with E-state index in [1.807, 2.05) is 0 Å². The van der Waals surface area contributed by atoms with Crippen LogP contribution in [0.5, 0.6) is 5.75 Å². The van der Waals surface area contributed by atoms with Crippen LogP contribution in [0.4, 0.5) is 0 Å². The SMILES string of the molecule is C=CCC(CC=C)c1ccc2c(c1O)C(=O)[C@@H]1C(O)[C@@]3(O)C(=O)[C@H](C(N)=O)C(O)[C@H](C(C)C)[C@@]3(C)[C@H](O)[C@@]1(C)[C@@H]2C. The third kappa shape index (κ3) is 3.72. The Labute approximate surface area is 240 Å². The fourth-order valence-corrected chi connectivity index (χ4v) is 8.86. The highest BCUT2D eigenvalue weighted by Gasteiger charge is 2.80. The number of hydrogen-bond donors (Lipinski definition) is 6. The lowest BCUT2D eigenvalue weighted by atomic mass is 9.36. The highest BCUT2D eigenvalue weighted by molar-refractivity contribution is 6.09. The largest absolute Gasteiger partial charge is 0.507 e. The standard InChI is InChI=1S/C32H43NO8/c1-8-10-16(11-9-2)18-13-12-17-15(5)30(6)22(24(35)19(17)23(18)34)27(38)32(41)26(37)20(28(33)39)25(36)21(14(3)4)31(32,7)29(30)40/h8-9,12-16,20-22,25,27,29,34,36,38,40-41H,1-2,10-11H2,3-7H3,(H2,33,39)/t15-,20-,21+,22-,25?,27?,29-,30+,31+,32+/m1/s1. The Morgan fingerprint density at radius 2 is 1.66 bits per heavy atom. The molecule has 41 heavy (non-hydrogen) atoms. The van der Waals surface area contributed by atoms with E-state index in [-0.39, 0.29) is 17.2 Å². The molecule has 0 heterocycles. The summed E-state index contributed by atoms with van der Waals surface area (Å²) in [5.41, 5.74) is 0.310. The van der Waals surface area contributed by atoms with E-state index in [1.165, 1.54) is 6.92 Å². The van der Waals surface area contributed by atoms with Crippen LogP contribution in [0.15, 0.2) is 37.4 Å². The lowest BCUT2D eigenvalue weighted by molar-refractivity contribution is -0.306. The summed E-state index contributed by atoms with van der Waals surface area (Å²) in [6.07, 6.45) is -0.892. The van der Waals surface area contributed by atoms with Gasteiger partial charge in [-0.15, -0.1) is 13.2 Å². The Morgan fingerprint density at radius 3 is 2.15 bits per heavy atom. The molecule has 1 aromatic carbocycles. The van der Waals surface area contributed by atoms with E-state index < -0.39 is 81.8 Å². The van der Waals surface area contributed by atoms with Gasteiger partial charge in [-0.1, -0.05) is 58.9 Å². The molecule has 1 aromatic rings. The van der Waals surface area contributed by atoms with Gasteiger partial charge in [-0.05, 0) is 47.6 Å². The second kappa shape index (κ2) is 10.2. The Balaban J connectivity index is 2.01. The molecule has 224 valence electrons. The molecule has 2 saturated carbocycles. The van der Waals surface area contributed by atoms with Crippen molar-refractivity contribution in [1.82, 2.24) is 0 Å². The third-order valence-corrected chi connectivity index (χ3v) is 11.0. The number of aromatic hydroxyl groups is 1. The summed E-state index contributed by atoms with van der Waals surface area (Å²) in [6, 6.07) is 3.48. The van der Waals surface area contributed by atoms with Gasteiger partial charge >= 0.3 is 0 Å². The topological polar surface area (TPSA) is 178 Å². The maximum Gasteiger partial charge on any atom is 0.230 e. The minimum atomic E-state index is -2.81. The first-order chi connectivity index (χ1) is 19.0. The molecule has 3 aliphatic rings. The first-order valence-electron chi connectivity index (χ1n) is 14.2. The normalized spacial score (nSPS) is 40.1. The number of ketones is 2. The Morgan fingerprint density at radius 1 is 1.10 bits per heavy atom. The maximum atomic E-state index is 14.4. The molecule has 4 rings (SSSR count). The molecule has 9 heteroatoms. The molecule has 0 aromatic heterocycles. The number of carbonyl (C=O) groups is 3. The smallest absolute Gasteiger partial charge is 0.230 e. The number of benzene rings is 1. The number of phenolic OH excluding ortho intramolecular Hbond substituents is 1. The minimum absolute atomic E-state index is 0.0378. The van der Waals surface area contributed by atoms with Crippen LogP contribution in [0.2, 0.25) is 0 Å². The number of carbonyl (C=O) groups excluding carboxylic acids is 3. The number of aliphatic hydroxyl groups is 4. The number of aliphatic hydroxyl groups excluding tert-OH is 3. The number of nitrogens with two attached hydrogens (primary N) is 1. The summed E-state index contributed by atoms with van der Waals surface area (Å²) in [5, 5.41) is 59.2. The lowest BCUT2D eigenvalue weighted by Crippen LogP contribution is -2.83. The number of fused-ring (bicyclic) bond motifs is 3. The maximum absolute atomic E-state index is 14.4. The van der Waals surface area contributed by atoms with Crippen molar-refractivity contribution in [3.8, 4) is 5.75 Å². The van der Waals surface area contributed by atoms with Crippen LogP contribution in [0.1, 0.15) is 80.8 Å². The van der Waals surface area contributed by atoms with Gasteiger partial charge in [-0.25, -0.2) is 0 Å². The van der Waals surface area contributed by atoms with Crippen LogP contribution in [-0.4, -0.2) is 66.9 Å². The number of Topliss-reactive ketones (excluding diaryl/α,β-unsaturated/α-hetero) is 2. The Kier molecular flexibility index (Phi) is 7.70. The summed E-state index contributed by atoms with van der Waals surface area (Å²) >= 11 is 0. The Bertz CT molecular complexity index is 1300. The molecule has 9 nitrogen and oxygen atoms in total. The molecular weight excluding hydrogens is 526 g/mol. The Hall–Kier alpha value is -2.85. The number of rotatable bonds is 7. The number of hydrogen-bond acceptors (Lipinski definition) is 8. The number of allylic oxidation sites excluding steroid dienone is 2. The van der Waals surface area contributed by atoms with E-state index in [0.717, 1.165) is 0 Å². The van der Waals surface area contributed by atoms with Crippen LogP contribution in [0, 0.1) is 34.5 Å². The zero-order valence-corrected chi connectivity index (χ0v) is 24.4. The van der Waals surface area contributed by atoms with Crippen molar-refractivity contribution in [2.75, 3.05) is 0 Å². The number of amides is 1. The van der Waals surface area contributed by atoms with Gasteiger partial charge in [0, 0.05) is 10.8 Å². The van der Waals surface area contributed by atoms with E-state index in [9.17, 15) is 39.9 Å². The average Bonchev–Trinajstić information content (AvgIpc) is 2.88. The van der Waals surface area contributed by atoms with E-state index >= 15 is 0 Å². The summed E-state index contributed by atoms with van der Waals surface area (Å²) in [4.78, 5) is 40.6. The second-order valence-corrected chi connectivity index (χ2v) is 13.0. The van der Waals surface area contributed by atoms with E-state index in [1.54, 1.807) is 52.0 Å². The van der Waals surface area contributed by atoms with Crippen LogP contribution in [0.3, 0.4) is 0 Å². The van der Waals surface area contributed by atoms with E-state index in [2.05, 4.69) is 13.2 Å². The highest BCUT2D eigenvalue weighted by Crippen LogP contribution is 2.68. The highest BCUT2D eigenvalue weighted by atomic mass is 16.4. The van der Waals surface area contributed by atoms with Crippen molar-refractivity contribution >= 4 is 17.5 Å². The zero-order chi connectivity index (χ0) is 31.0. The summed E-state index contributed by atoms with van der Waals surface area (Å²) in [6.45, 7) is 15.8. The predicted octanol–water partition coefficient (Wildman–Crippen LogP) is 2.34. The molecule has 0 radical (unpaired) electrons. The van der Waals surface area contributed by atoms with E-state index in [0.29, 0.717) is 24.0 Å². The predicted molar refractivity (Wildman–Crippen MR) is 152 cm³/mol. The fraction of sp³-hybridized carbons (Fsp3) is 0.594. The molecule has 10 atom stereocenters. The van der Waals surface area contributed by atoms with Gasteiger partial charge < -0.3 is 31.3 Å². The van der Waals surface area contributed by atoms with Crippen LogP contribution < -0.4 is 5.73 Å². The first kappa shape index (κ1) is 31.1. The average molecular weight is 570 g/mol. The zero-order valence-electron chi connectivity index (χ0n) is 24.4. The molecule has 0 bridgehead atoms. The van der Waals surface area contributed by atoms with E-state index in [4.69, 9.17) is 5.73 Å². The van der Waals surface area contributed by atoms with Gasteiger partial charge in [-0.2, -0.15) is 0 Å². The van der Waals surface area contributed by atoms with Crippen molar-refractivity contribution in [3.63, 3.8) is 0 Å². The summed E-state index contributed by atoms with van der Waals surface area (Å²) < 4.78 is 0. The third-order valence-electron chi connectivity index (χ3n) is 11.0. The summed E-state index contributed by atoms with van der Waals surface area (Å²) in [5.74, 6) is -9.17. The molecule has 3 aliphatic carbocycles. The van der Waals surface area contributed by atoms with Crippen molar-refractivity contribution < 1.29 is 39.9 Å². The molecule has 7 N–H and O–H groups in total. The van der Waals surface area contributed by atoms with Gasteiger partial charge in [0.1, 0.15) is 17.8 Å². The summed E-state index contributed by atoms with van der Waals surface area (Å²) in [7, 11) is 0. The second-order valence-electron chi connectivity index (χ2n) is 13.0. The van der Waals surface area contributed by atoms with Crippen molar-refractivity contribution in [2.45, 2.75) is 83.2 Å². The van der Waals surface area contributed by atoms with Crippen molar-refractivity contribution in [3.05, 3.63) is 54.1 Å². The fourth-order valence-electron chi connectivity index (χ4n) is 8.86. The van der Waals surface area contributed by atoms with Gasteiger partial charge in [0.25, 0.3) is 0 Å². The van der Waals surface area contributed by atoms with Crippen LogP contribution >= 0.6 is 0 Å². The van der Waals surface area contributed by atoms with Gasteiger partial charge in [0.2, 0.25) is 5.91 Å². The van der Waals surface area contributed by atoms with Crippen molar-refractivity contribution in [1.29, 1.82) is 0 Å². The molecule has 2 unspecified atom stereocenters. The monoisotopic (exact) mass is 569 g/mol. The van der Waals surface area contributed by atoms with Crippen molar-refractivity contribution in [2.24, 2.45) is 40.2 Å². The lowest BCUT2D eigenvalue weighted by Gasteiger charge is -2.69. The molecule has 0 saturated heterocycles. The molecule has 0 aliphatic heterocycles. The van der Waals surface area contributed by atoms with Crippen LogP contribution in [0.25, 0.3) is 0 Å². The first-order valence-corrected chi connectivity index (χ1v) is 14.2. The molecule has 1 amide bonds. The van der Waals surface area contributed by atoms with Crippen LogP contribution in [-0.2, 0) is 9.59 Å². The van der Waals surface area contributed by atoms with Gasteiger partial charge in [-0.3, -0.25) is 14.4 Å².